The Bertz CT molecular complexity index is 391. The highest BCUT2D eigenvalue weighted by Gasteiger charge is 2.38. The molecule has 0 saturated carbocycles. The number of amides is 1. The number of nitrogens with one attached hydrogen (secondary N) is 1. The van der Waals surface area contributed by atoms with Gasteiger partial charge >= 0.3 is 0 Å². The molecule has 1 aliphatic rings. The lowest BCUT2D eigenvalue weighted by molar-refractivity contribution is -0.119. The van der Waals surface area contributed by atoms with Crippen molar-refractivity contribution in [2.45, 2.75) is 25.2 Å². The number of rotatable bonds is 2. The van der Waals surface area contributed by atoms with Gasteiger partial charge in [0.1, 0.15) is 0 Å². The maximum Gasteiger partial charge on any atom is 0.220 e. The van der Waals surface area contributed by atoms with E-state index in [0.717, 1.165) is 17.4 Å². The Morgan fingerprint density at radius 2 is 2.33 bits per heavy atom. The first-order chi connectivity index (χ1) is 7.16. The van der Waals surface area contributed by atoms with E-state index in [1.54, 1.807) is 0 Å². The second kappa shape index (κ2) is 3.97. The van der Waals surface area contributed by atoms with Crippen molar-refractivity contribution in [1.82, 2.24) is 5.32 Å². The van der Waals surface area contributed by atoms with Gasteiger partial charge in [-0.15, -0.1) is 0 Å². The standard InChI is InChI=1S/C12H14BrNO/c1-2-12(7-11(15)14-8-12)9-4-3-5-10(13)6-9/h3-6H,2,7-8H2,1H3,(H,14,15). The average molecular weight is 268 g/mol. The van der Waals surface area contributed by atoms with Crippen molar-refractivity contribution in [2.24, 2.45) is 0 Å². The SMILES string of the molecule is CCC1(c2cccc(Br)c2)CNC(=O)C1. The third-order valence-electron chi connectivity index (χ3n) is 3.24. The molecule has 0 aliphatic carbocycles. The van der Waals surface area contributed by atoms with Crippen molar-refractivity contribution in [3.05, 3.63) is 34.3 Å². The summed E-state index contributed by atoms with van der Waals surface area (Å²) in [5.74, 6) is 0.164. The van der Waals surface area contributed by atoms with Crippen LogP contribution in [0, 0.1) is 0 Å². The summed E-state index contributed by atoms with van der Waals surface area (Å²) in [4.78, 5) is 11.4. The number of carbonyl (C=O) groups is 1. The van der Waals surface area contributed by atoms with E-state index in [1.807, 2.05) is 12.1 Å². The first-order valence-electron chi connectivity index (χ1n) is 5.19. The molecule has 0 aromatic heterocycles. The lowest BCUT2D eigenvalue weighted by atomic mass is 9.77. The molecule has 0 bridgehead atoms. The van der Waals surface area contributed by atoms with Crippen molar-refractivity contribution in [2.75, 3.05) is 6.54 Å². The number of carbonyl (C=O) groups excluding carboxylic acids is 1. The van der Waals surface area contributed by atoms with E-state index in [-0.39, 0.29) is 11.3 Å². The predicted octanol–water partition coefficient (Wildman–Crippen LogP) is 2.62. The second-order valence-electron chi connectivity index (χ2n) is 4.10. The minimum absolute atomic E-state index is 0.000856. The van der Waals surface area contributed by atoms with Gasteiger partial charge < -0.3 is 5.32 Å². The molecule has 15 heavy (non-hydrogen) atoms. The summed E-state index contributed by atoms with van der Waals surface area (Å²) in [5, 5.41) is 2.93. The van der Waals surface area contributed by atoms with Gasteiger partial charge in [-0.1, -0.05) is 35.0 Å². The minimum Gasteiger partial charge on any atom is -0.355 e. The maximum absolute atomic E-state index is 11.4. The molecule has 1 amide bonds. The Kier molecular flexibility index (Phi) is 2.83. The van der Waals surface area contributed by atoms with Gasteiger partial charge in [-0.05, 0) is 24.1 Å². The largest absolute Gasteiger partial charge is 0.355 e. The van der Waals surface area contributed by atoms with Crippen LogP contribution in [-0.4, -0.2) is 12.5 Å². The smallest absolute Gasteiger partial charge is 0.220 e. The van der Waals surface area contributed by atoms with E-state index in [1.165, 1.54) is 5.56 Å². The Hall–Kier alpha value is -0.830. The molecule has 1 fully saturated rings. The molecule has 1 aliphatic heterocycles. The zero-order valence-electron chi connectivity index (χ0n) is 8.72. The molecule has 1 N–H and O–H groups in total. The fraction of sp³-hybridized carbons (Fsp3) is 0.417. The van der Waals surface area contributed by atoms with Crippen LogP contribution in [0.25, 0.3) is 0 Å². The van der Waals surface area contributed by atoms with Crippen LogP contribution in [0.15, 0.2) is 28.7 Å². The molecule has 3 heteroatoms. The van der Waals surface area contributed by atoms with Gasteiger partial charge in [-0.3, -0.25) is 4.79 Å². The van der Waals surface area contributed by atoms with E-state index in [4.69, 9.17) is 0 Å². The normalized spacial score (nSPS) is 25.3. The van der Waals surface area contributed by atoms with E-state index < -0.39 is 0 Å². The van der Waals surface area contributed by atoms with Crippen LogP contribution in [0.4, 0.5) is 0 Å². The molecule has 1 aromatic rings. The molecular formula is C12H14BrNO. The monoisotopic (exact) mass is 267 g/mol. The third-order valence-corrected chi connectivity index (χ3v) is 3.73. The Morgan fingerprint density at radius 3 is 2.87 bits per heavy atom. The summed E-state index contributed by atoms with van der Waals surface area (Å²) < 4.78 is 1.08. The Morgan fingerprint density at radius 1 is 1.53 bits per heavy atom. The summed E-state index contributed by atoms with van der Waals surface area (Å²) in [5.41, 5.74) is 1.25. The molecule has 80 valence electrons. The Labute approximate surface area is 98.2 Å². The van der Waals surface area contributed by atoms with Crippen molar-refractivity contribution in [1.29, 1.82) is 0 Å². The van der Waals surface area contributed by atoms with Gasteiger partial charge in [-0.25, -0.2) is 0 Å². The summed E-state index contributed by atoms with van der Waals surface area (Å²) >= 11 is 3.47. The number of halogens is 1. The zero-order valence-corrected chi connectivity index (χ0v) is 10.3. The highest BCUT2D eigenvalue weighted by molar-refractivity contribution is 9.10. The zero-order chi connectivity index (χ0) is 10.9. The van der Waals surface area contributed by atoms with Crippen LogP contribution < -0.4 is 5.32 Å². The molecule has 1 heterocycles. The van der Waals surface area contributed by atoms with Crippen molar-refractivity contribution in [3.63, 3.8) is 0 Å². The van der Waals surface area contributed by atoms with E-state index in [0.29, 0.717) is 6.42 Å². The Balaban J connectivity index is 2.38. The summed E-state index contributed by atoms with van der Waals surface area (Å²) in [6, 6.07) is 8.26. The van der Waals surface area contributed by atoms with Crippen LogP contribution in [0.2, 0.25) is 0 Å². The summed E-state index contributed by atoms with van der Waals surface area (Å²) in [7, 11) is 0. The molecule has 0 radical (unpaired) electrons. The fourth-order valence-corrected chi connectivity index (χ4v) is 2.58. The minimum atomic E-state index is 0.000856. The lowest BCUT2D eigenvalue weighted by Gasteiger charge is -2.26. The summed E-state index contributed by atoms with van der Waals surface area (Å²) in [6.45, 7) is 2.90. The predicted molar refractivity (Wildman–Crippen MR) is 63.7 cm³/mol. The van der Waals surface area contributed by atoms with Gasteiger partial charge in [-0.2, -0.15) is 0 Å². The van der Waals surface area contributed by atoms with Crippen LogP contribution in [0.1, 0.15) is 25.3 Å². The van der Waals surface area contributed by atoms with Crippen LogP contribution in [0.3, 0.4) is 0 Å². The molecule has 1 saturated heterocycles. The molecule has 2 nitrogen and oxygen atoms in total. The topological polar surface area (TPSA) is 29.1 Å². The van der Waals surface area contributed by atoms with E-state index in [9.17, 15) is 4.79 Å². The van der Waals surface area contributed by atoms with Gasteiger partial charge in [0.2, 0.25) is 5.91 Å². The first kappa shape index (κ1) is 10.7. The van der Waals surface area contributed by atoms with Gasteiger partial charge in [0.15, 0.2) is 0 Å². The second-order valence-corrected chi connectivity index (χ2v) is 5.01. The molecule has 1 atom stereocenters. The third kappa shape index (κ3) is 1.93. The van der Waals surface area contributed by atoms with E-state index >= 15 is 0 Å². The van der Waals surface area contributed by atoms with Crippen LogP contribution in [-0.2, 0) is 10.2 Å². The first-order valence-corrected chi connectivity index (χ1v) is 5.98. The highest BCUT2D eigenvalue weighted by atomic mass is 79.9. The van der Waals surface area contributed by atoms with Gasteiger partial charge in [0.25, 0.3) is 0 Å². The maximum atomic E-state index is 11.4. The molecule has 1 unspecified atom stereocenters. The highest BCUT2D eigenvalue weighted by Crippen LogP contribution is 2.35. The van der Waals surface area contributed by atoms with E-state index in [2.05, 4.69) is 40.3 Å². The molecule has 2 rings (SSSR count). The van der Waals surface area contributed by atoms with Crippen LogP contribution >= 0.6 is 15.9 Å². The number of benzene rings is 1. The quantitative estimate of drug-likeness (QED) is 0.877. The average Bonchev–Trinajstić information content (AvgIpc) is 2.61. The lowest BCUT2D eigenvalue weighted by Crippen LogP contribution is -2.27. The number of hydrogen-bond acceptors (Lipinski definition) is 1. The molecular weight excluding hydrogens is 254 g/mol. The van der Waals surface area contributed by atoms with Gasteiger partial charge in [0, 0.05) is 22.9 Å². The van der Waals surface area contributed by atoms with Crippen molar-refractivity contribution < 1.29 is 4.79 Å². The molecule has 0 spiro atoms. The molecule has 1 aromatic carbocycles. The summed E-state index contributed by atoms with van der Waals surface area (Å²) in [6.07, 6.45) is 1.60. The van der Waals surface area contributed by atoms with Crippen molar-refractivity contribution in [3.8, 4) is 0 Å². The number of hydrogen-bond donors (Lipinski definition) is 1. The van der Waals surface area contributed by atoms with Crippen molar-refractivity contribution >= 4 is 21.8 Å². The van der Waals surface area contributed by atoms with Crippen LogP contribution in [0.5, 0.6) is 0 Å². The fourth-order valence-electron chi connectivity index (χ4n) is 2.18. The van der Waals surface area contributed by atoms with Gasteiger partial charge in [0.05, 0.1) is 0 Å².